The molecule has 1 fully saturated rings. The highest BCUT2D eigenvalue weighted by molar-refractivity contribution is 5.81. The Hall–Kier alpha value is -1.39. The van der Waals surface area contributed by atoms with E-state index in [1.165, 1.54) is 25.7 Å². The topological polar surface area (TPSA) is 38.3 Å². The van der Waals surface area contributed by atoms with Crippen molar-refractivity contribution in [2.75, 3.05) is 34.8 Å². The summed E-state index contributed by atoms with van der Waals surface area (Å²) in [4.78, 5) is 11.5. The van der Waals surface area contributed by atoms with Crippen molar-refractivity contribution in [3.63, 3.8) is 0 Å². The molecule has 1 saturated carbocycles. The van der Waals surface area contributed by atoms with Crippen molar-refractivity contribution in [1.82, 2.24) is 5.32 Å². The average molecular weight is 408 g/mol. The Morgan fingerprint density at radius 1 is 1.03 bits per heavy atom. The molecule has 0 saturated heterocycles. The predicted octanol–water partition coefficient (Wildman–Crippen LogP) is 5.10. The predicted molar refractivity (Wildman–Crippen MR) is 126 cm³/mol. The van der Waals surface area contributed by atoms with Gasteiger partial charge in [-0.15, -0.1) is 0 Å². The molecule has 0 radical (unpaired) electrons. The van der Waals surface area contributed by atoms with Crippen LogP contribution in [0, 0.1) is 5.92 Å². The van der Waals surface area contributed by atoms with E-state index in [-0.39, 0.29) is 11.8 Å². The number of quaternary nitrogens is 1. The van der Waals surface area contributed by atoms with Gasteiger partial charge >= 0.3 is 0 Å². The molecule has 1 unspecified atom stereocenters. The molecule has 0 heterocycles. The molecule has 4 nitrogen and oxygen atoms in total. The maximum atomic E-state index is 11.5. The van der Waals surface area contributed by atoms with Gasteiger partial charge in [0.15, 0.2) is 0 Å². The highest BCUT2D eigenvalue weighted by Crippen LogP contribution is 2.29. The summed E-state index contributed by atoms with van der Waals surface area (Å²) in [6.07, 6.45) is 5.85. The van der Waals surface area contributed by atoms with Gasteiger partial charge in [0.1, 0.15) is 11.5 Å². The van der Waals surface area contributed by atoms with Gasteiger partial charge in [-0.1, -0.05) is 39.8 Å². The fraction of sp³-hybridized carbons (Fsp3) is 0.720. The molecule has 1 aliphatic rings. The van der Waals surface area contributed by atoms with E-state index in [0.29, 0.717) is 5.92 Å². The molecular formula is C25H47N2O2+. The zero-order chi connectivity index (χ0) is 22.4. The minimum atomic E-state index is -0.108. The Morgan fingerprint density at radius 2 is 1.55 bits per heavy atom. The van der Waals surface area contributed by atoms with Crippen LogP contribution in [0.1, 0.15) is 65.9 Å². The normalized spacial score (nSPS) is 19.8. The third-order valence-corrected chi connectivity index (χ3v) is 5.60. The van der Waals surface area contributed by atoms with Crippen LogP contribution in [0.5, 0.6) is 5.75 Å². The highest BCUT2D eigenvalue weighted by Gasteiger charge is 2.30. The first-order valence-electron chi connectivity index (χ1n) is 11.5. The minimum absolute atomic E-state index is 0.108. The van der Waals surface area contributed by atoms with Gasteiger partial charge in [-0.25, -0.2) is 0 Å². The molecule has 1 aromatic rings. The summed E-state index contributed by atoms with van der Waals surface area (Å²) < 4.78 is 7.08. The quantitative estimate of drug-likeness (QED) is 0.609. The second-order valence-corrected chi connectivity index (χ2v) is 8.40. The summed E-state index contributed by atoms with van der Waals surface area (Å²) in [5.41, 5.74) is 1.16. The molecular weight excluding hydrogens is 360 g/mol. The van der Waals surface area contributed by atoms with E-state index in [1.54, 1.807) is 6.92 Å². The average Bonchev–Trinajstić information content (AvgIpc) is 2.73. The lowest BCUT2D eigenvalue weighted by atomic mass is 9.85. The number of Topliss-reactive ketones (excluding diaryl/α,β-unsaturated/α-hetero) is 1. The third-order valence-electron chi connectivity index (χ3n) is 5.60. The first-order chi connectivity index (χ1) is 13.8. The molecule has 0 amide bonds. The summed E-state index contributed by atoms with van der Waals surface area (Å²) in [7, 11) is 8.73. The van der Waals surface area contributed by atoms with Gasteiger partial charge in [-0.3, -0.25) is 4.79 Å². The van der Waals surface area contributed by atoms with E-state index in [4.69, 9.17) is 4.74 Å². The maximum Gasteiger partial charge on any atom is 0.147 e. The van der Waals surface area contributed by atoms with Gasteiger partial charge in [0.05, 0.1) is 39.8 Å². The van der Waals surface area contributed by atoms with Crippen LogP contribution in [-0.2, 0) is 11.2 Å². The lowest BCUT2D eigenvalue weighted by Gasteiger charge is -2.38. The van der Waals surface area contributed by atoms with E-state index < -0.39 is 0 Å². The Balaban J connectivity index is 0.00000184. The molecule has 168 valence electrons. The molecule has 1 aromatic carbocycles. The van der Waals surface area contributed by atoms with Crippen molar-refractivity contribution in [1.29, 1.82) is 0 Å². The number of nitrogens with zero attached hydrogens (tertiary/aromatic N) is 1. The van der Waals surface area contributed by atoms with Crippen LogP contribution in [0.25, 0.3) is 0 Å². The smallest absolute Gasteiger partial charge is 0.147 e. The number of benzene rings is 1. The third kappa shape index (κ3) is 10.3. The zero-order valence-corrected chi connectivity index (χ0v) is 20.5. The van der Waals surface area contributed by atoms with Gasteiger partial charge < -0.3 is 14.5 Å². The molecule has 1 N–H and O–H groups in total. The summed E-state index contributed by atoms with van der Waals surface area (Å²) >= 11 is 0. The lowest BCUT2D eigenvalue weighted by molar-refractivity contribution is -0.897. The van der Waals surface area contributed by atoms with E-state index >= 15 is 0 Å². The van der Waals surface area contributed by atoms with E-state index in [0.717, 1.165) is 34.9 Å². The standard InChI is InChI=1S/C21H35N2O2.2C2H6/c1-16(24)21(22-2)14-17-8-12-20(13-9-17)25-15-18-6-10-19(11-7-18)23(3,4)5;2*1-2/h8-9,12-13,18-19,21-22H,6-7,10-11,14-15H2,1-5H3;2*1-2H3/q+1;;. The summed E-state index contributed by atoms with van der Waals surface area (Å²) in [5, 5.41) is 3.06. The number of carbonyl (C=O) groups excluding carboxylic acids is 1. The summed E-state index contributed by atoms with van der Waals surface area (Å²) in [6.45, 7) is 10.4. The van der Waals surface area contributed by atoms with Crippen LogP contribution >= 0.6 is 0 Å². The fourth-order valence-electron chi connectivity index (χ4n) is 3.71. The minimum Gasteiger partial charge on any atom is -0.493 e. The van der Waals surface area contributed by atoms with Crippen LogP contribution < -0.4 is 10.1 Å². The molecule has 29 heavy (non-hydrogen) atoms. The number of likely N-dealkylation sites (N-methyl/N-ethyl adjacent to an activating group) is 1. The maximum absolute atomic E-state index is 11.5. The highest BCUT2D eigenvalue weighted by atomic mass is 16.5. The summed E-state index contributed by atoms with van der Waals surface area (Å²) in [5.74, 6) is 1.78. The Morgan fingerprint density at radius 3 is 1.97 bits per heavy atom. The largest absolute Gasteiger partial charge is 0.493 e. The van der Waals surface area contributed by atoms with Crippen molar-refractivity contribution in [2.24, 2.45) is 5.92 Å². The Bertz CT molecular complexity index is 541. The monoisotopic (exact) mass is 407 g/mol. The van der Waals surface area contributed by atoms with Crippen molar-refractivity contribution >= 4 is 5.78 Å². The molecule has 0 bridgehead atoms. The molecule has 1 atom stereocenters. The molecule has 0 aromatic heterocycles. The van der Waals surface area contributed by atoms with Crippen molar-refractivity contribution in [2.45, 2.75) is 78.8 Å². The van der Waals surface area contributed by atoms with Crippen molar-refractivity contribution in [3.8, 4) is 5.75 Å². The van der Waals surface area contributed by atoms with Crippen LogP contribution in [-0.4, -0.2) is 57.1 Å². The molecule has 0 spiro atoms. The fourth-order valence-corrected chi connectivity index (χ4v) is 3.71. The van der Waals surface area contributed by atoms with Crippen molar-refractivity contribution in [3.05, 3.63) is 29.8 Å². The number of carbonyl (C=O) groups is 1. The van der Waals surface area contributed by atoms with Crippen LogP contribution in [0.3, 0.4) is 0 Å². The number of nitrogens with one attached hydrogen (secondary N) is 1. The number of rotatable bonds is 8. The van der Waals surface area contributed by atoms with Crippen LogP contribution in [0.2, 0.25) is 0 Å². The van der Waals surface area contributed by atoms with Crippen LogP contribution in [0.15, 0.2) is 24.3 Å². The summed E-state index contributed by atoms with van der Waals surface area (Å²) in [6, 6.07) is 8.87. The molecule has 4 heteroatoms. The van der Waals surface area contributed by atoms with Gasteiger partial charge in [0.2, 0.25) is 0 Å². The van der Waals surface area contributed by atoms with Gasteiger partial charge in [-0.05, 0) is 69.7 Å². The van der Waals surface area contributed by atoms with E-state index in [9.17, 15) is 4.79 Å². The second-order valence-electron chi connectivity index (χ2n) is 8.40. The number of ether oxygens (including phenoxy) is 1. The van der Waals surface area contributed by atoms with Gasteiger partial charge in [-0.2, -0.15) is 0 Å². The lowest BCUT2D eigenvalue weighted by Crippen LogP contribution is -2.47. The molecule has 2 rings (SSSR count). The zero-order valence-electron chi connectivity index (χ0n) is 20.5. The second kappa shape index (κ2) is 14.6. The Kier molecular flexibility index (Phi) is 13.9. The number of ketones is 1. The first-order valence-corrected chi connectivity index (χ1v) is 11.5. The van der Waals surface area contributed by atoms with Gasteiger partial charge in [0, 0.05) is 0 Å². The van der Waals surface area contributed by atoms with Crippen LogP contribution in [0.4, 0.5) is 0 Å². The Labute approximate surface area is 180 Å². The van der Waals surface area contributed by atoms with E-state index in [1.807, 2.05) is 46.9 Å². The molecule has 0 aliphatic heterocycles. The van der Waals surface area contributed by atoms with Gasteiger partial charge in [0.25, 0.3) is 0 Å². The first kappa shape index (κ1) is 27.6. The van der Waals surface area contributed by atoms with E-state index in [2.05, 4.69) is 38.6 Å². The number of hydrogen-bond donors (Lipinski definition) is 1. The SMILES string of the molecule is CC.CC.CNC(Cc1ccc(OCC2CCC([N+](C)(C)C)CC2)cc1)C(C)=O. The van der Waals surface area contributed by atoms with Crippen molar-refractivity contribution < 1.29 is 14.0 Å². The molecule has 1 aliphatic carbocycles. The number of hydrogen-bond acceptors (Lipinski definition) is 3.